The van der Waals surface area contributed by atoms with Gasteiger partial charge in [-0.25, -0.2) is 9.98 Å². The first-order valence-corrected chi connectivity index (χ1v) is 7.98. The molecule has 24 heavy (non-hydrogen) atoms. The van der Waals surface area contributed by atoms with Crippen LogP contribution in [0.3, 0.4) is 0 Å². The summed E-state index contributed by atoms with van der Waals surface area (Å²) in [4.78, 5) is 8.50. The van der Waals surface area contributed by atoms with Gasteiger partial charge in [-0.3, -0.25) is 0 Å². The zero-order chi connectivity index (χ0) is 17.7. The number of alkyl halides is 3. The molecule has 0 aliphatic rings. The van der Waals surface area contributed by atoms with Gasteiger partial charge in [-0.1, -0.05) is 26.0 Å². The lowest BCUT2D eigenvalue weighted by molar-refractivity contribution is -0.274. The Morgan fingerprint density at radius 1 is 1.38 bits per heavy atom. The highest BCUT2D eigenvalue weighted by molar-refractivity contribution is 7.09. The van der Waals surface area contributed by atoms with E-state index >= 15 is 0 Å². The lowest BCUT2D eigenvalue weighted by Gasteiger charge is -2.13. The Hall–Kier alpha value is -2.29. The molecule has 2 rings (SSSR count). The van der Waals surface area contributed by atoms with E-state index in [9.17, 15) is 13.2 Å². The van der Waals surface area contributed by atoms with Crippen molar-refractivity contribution in [2.75, 3.05) is 5.32 Å². The summed E-state index contributed by atoms with van der Waals surface area (Å²) < 4.78 is 41.1. The summed E-state index contributed by atoms with van der Waals surface area (Å²) in [6.45, 7) is 4.32. The number of thiazole rings is 1. The Morgan fingerprint density at radius 2 is 2.08 bits per heavy atom. The Labute approximate surface area is 141 Å². The number of benzene rings is 1. The minimum absolute atomic E-state index is 0.0190. The van der Waals surface area contributed by atoms with Crippen LogP contribution in [0.1, 0.15) is 30.5 Å². The predicted octanol–water partition coefficient (Wildman–Crippen LogP) is 4.09. The molecule has 0 aliphatic heterocycles. The topological polar surface area (TPSA) is 72.5 Å². The zero-order valence-corrected chi connectivity index (χ0v) is 13.9. The highest BCUT2D eigenvalue weighted by Gasteiger charge is 2.32. The van der Waals surface area contributed by atoms with Crippen molar-refractivity contribution in [2.24, 2.45) is 10.7 Å². The molecule has 0 bridgehead atoms. The molecule has 0 radical (unpaired) electrons. The standard InChI is InChI=1S/C15H17F3N4OS/c1-9(2)11-8-24-13(21-11)7-20-14(19)22-10-5-3-4-6-12(10)23-15(16,17)18/h3-6,8-9H,7H2,1-2H3,(H3,19,20,22). The van der Waals surface area contributed by atoms with E-state index in [4.69, 9.17) is 5.73 Å². The summed E-state index contributed by atoms with van der Waals surface area (Å²) in [5, 5.41) is 5.34. The van der Waals surface area contributed by atoms with Gasteiger partial charge in [0.25, 0.3) is 0 Å². The maximum absolute atomic E-state index is 12.4. The van der Waals surface area contributed by atoms with Crippen molar-refractivity contribution in [2.45, 2.75) is 32.7 Å². The maximum atomic E-state index is 12.4. The van der Waals surface area contributed by atoms with Crippen molar-refractivity contribution >= 4 is 23.0 Å². The van der Waals surface area contributed by atoms with Crippen LogP contribution in [0.5, 0.6) is 5.75 Å². The quantitative estimate of drug-likeness (QED) is 0.624. The second-order valence-corrected chi connectivity index (χ2v) is 6.13. The molecule has 0 saturated heterocycles. The van der Waals surface area contributed by atoms with E-state index < -0.39 is 6.36 Å². The smallest absolute Gasteiger partial charge is 0.404 e. The Kier molecular flexibility index (Phi) is 5.66. The second kappa shape index (κ2) is 7.52. The summed E-state index contributed by atoms with van der Waals surface area (Å²) >= 11 is 1.46. The fourth-order valence-corrected chi connectivity index (χ4v) is 2.66. The average Bonchev–Trinajstić information content (AvgIpc) is 2.95. The van der Waals surface area contributed by atoms with Crippen LogP contribution in [0.2, 0.25) is 0 Å². The van der Waals surface area contributed by atoms with Crippen molar-refractivity contribution in [3.05, 3.63) is 40.3 Å². The number of ether oxygens (including phenoxy) is 1. The predicted molar refractivity (Wildman–Crippen MR) is 88.3 cm³/mol. The number of nitrogens with two attached hydrogens (primary N) is 1. The molecule has 1 heterocycles. The molecular weight excluding hydrogens is 341 g/mol. The van der Waals surface area contributed by atoms with Crippen molar-refractivity contribution in [3.63, 3.8) is 0 Å². The molecule has 0 unspecified atom stereocenters. The van der Waals surface area contributed by atoms with Crippen LogP contribution in [-0.2, 0) is 6.54 Å². The Morgan fingerprint density at radius 3 is 2.71 bits per heavy atom. The fraction of sp³-hybridized carbons (Fsp3) is 0.333. The van der Waals surface area contributed by atoms with Crippen molar-refractivity contribution in [1.82, 2.24) is 4.98 Å². The molecule has 1 aromatic carbocycles. The minimum atomic E-state index is -4.78. The number of hydrogen-bond donors (Lipinski definition) is 2. The number of anilines is 1. The molecule has 0 spiro atoms. The van der Waals surface area contributed by atoms with Gasteiger partial charge in [0.2, 0.25) is 0 Å². The first-order chi connectivity index (χ1) is 11.2. The summed E-state index contributed by atoms with van der Waals surface area (Å²) in [5.41, 5.74) is 6.79. The van der Waals surface area contributed by atoms with Crippen LogP contribution in [0.4, 0.5) is 18.9 Å². The van der Waals surface area contributed by atoms with E-state index in [-0.39, 0.29) is 23.9 Å². The number of rotatable bonds is 5. The molecule has 0 aliphatic carbocycles. The Balaban J connectivity index is 2.04. The highest BCUT2D eigenvalue weighted by Crippen LogP contribution is 2.29. The molecule has 0 amide bonds. The van der Waals surface area contributed by atoms with Gasteiger partial charge >= 0.3 is 6.36 Å². The van der Waals surface area contributed by atoms with E-state index in [1.165, 1.54) is 29.5 Å². The van der Waals surface area contributed by atoms with E-state index in [1.807, 2.05) is 19.2 Å². The van der Waals surface area contributed by atoms with E-state index in [0.29, 0.717) is 5.92 Å². The molecule has 0 atom stereocenters. The number of halogens is 3. The summed E-state index contributed by atoms with van der Waals surface area (Å²) in [6.07, 6.45) is -4.78. The van der Waals surface area contributed by atoms with Gasteiger partial charge in [-0.15, -0.1) is 24.5 Å². The van der Waals surface area contributed by atoms with E-state index in [1.54, 1.807) is 6.07 Å². The molecule has 130 valence electrons. The van der Waals surface area contributed by atoms with Crippen LogP contribution in [0.25, 0.3) is 0 Å². The van der Waals surface area contributed by atoms with Gasteiger partial charge in [0.05, 0.1) is 17.9 Å². The average molecular weight is 358 g/mol. The number of hydrogen-bond acceptors (Lipinski definition) is 4. The SMILES string of the molecule is CC(C)c1csc(CN=C(N)Nc2ccccc2OC(F)(F)F)n1. The van der Waals surface area contributed by atoms with E-state index in [2.05, 4.69) is 20.0 Å². The lowest BCUT2D eigenvalue weighted by Crippen LogP contribution is -2.24. The number of guanidine groups is 1. The molecule has 5 nitrogen and oxygen atoms in total. The fourth-order valence-electron chi connectivity index (χ4n) is 1.78. The molecule has 3 N–H and O–H groups in total. The van der Waals surface area contributed by atoms with Crippen molar-refractivity contribution in [1.29, 1.82) is 0 Å². The number of aliphatic imine (C=N–C) groups is 1. The third kappa shape index (κ3) is 5.41. The first kappa shape index (κ1) is 18.1. The van der Waals surface area contributed by atoms with Crippen molar-refractivity contribution in [3.8, 4) is 5.75 Å². The van der Waals surface area contributed by atoms with E-state index in [0.717, 1.165) is 10.7 Å². The van der Waals surface area contributed by atoms with Crippen LogP contribution in [0.15, 0.2) is 34.6 Å². The Bertz CT molecular complexity index is 713. The summed E-state index contributed by atoms with van der Waals surface area (Å²) in [5.74, 6) is -0.0742. The molecule has 1 aromatic heterocycles. The van der Waals surface area contributed by atoms with Gasteiger partial charge in [0.1, 0.15) is 5.01 Å². The zero-order valence-electron chi connectivity index (χ0n) is 13.1. The van der Waals surface area contributed by atoms with Gasteiger partial charge in [0, 0.05) is 5.38 Å². The number of nitrogens with zero attached hydrogens (tertiary/aromatic N) is 2. The summed E-state index contributed by atoms with van der Waals surface area (Å²) in [6, 6.07) is 5.61. The third-order valence-corrected chi connectivity index (χ3v) is 3.77. The van der Waals surface area contributed by atoms with Crippen LogP contribution >= 0.6 is 11.3 Å². The van der Waals surface area contributed by atoms with Crippen LogP contribution in [-0.4, -0.2) is 17.3 Å². The molecular formula is C15H17F3N4OS. The molecule has 2 aromatic rings. The number of para-hydroxylation sites is 2. The van der Waals surface area contributed by atoms with Crippen molar-refractivity contribution < 1.29 is 17.9 Å². The molecule has 0 saturated carbocycles. The van der Waals surface area contributed by atoms with Gasteiger partial charge in [-0.05, 0) is 18.1 Å². The first-order valence-electron chi connectivity index (χ1n) is 7.10. The monoisotopic (exact) mass is 358 g/mol. The number of aromatic nitrogens is 1. The minimum Gasteiger partial charge on any atom is -0.404 e. The van der Waals surface area contributed by atoms with Gasteiger partial charge in [-0.2, -0.15) is 0 Å². The van der Waals surface area contributed by atoms with Gasteiger partial charge in [0.15, 0.2) is 11.7 Å². The summed E-state index contributed by atoms with van der Waals surface area (Å²) in [7, 11) is 0. The molecule has 9 heteroatoms. The lowest BCUT2D eigenvalue weighted by atomic mass is 10.2. The second-order valence-electron chi connectivity index (χ2n) is 5.19. The maximum Gasteiger partial charge on any atom is 0.573 e. The van der Waals surface area contributed by atoms with Gasteiger partial charge < -0.3 is 15.8 Å². The normalized spacial score (nSPS) is 12.5. The third-order valence-electron chi connectivity index (χ3n) is 2.92. The van der Waals surface area contributed by atoms with Crippen LogP contribution in [0, 0.1) is 0 Å². The largest absolute Gasteiger partial charge is 0.573 e. The molecule has 0 fully saturated rings. The highest BCUT2D eigenvalue weighted by atomic mass is 32.1. The van der Waals surface area contributed by atoms with Crippen LogP contribution < -0.4 is 15.8 Å². The number of nitrogens with one attached hydrogen (secondary N) is 1.